The molecule has 5 aromatic carbocycles. The fraction of sp³-hybridized carbons (Fsp3) is 0.563. The van der Waals surface area contributed by atoms with Crippen molar-refractivity contribution in [3.8, 4) is 56.7 Å². The molecule has 114 heavy (non-hydrogen) atoms. The number of aromatic nitrogens is 8. The van der Waals surface area contributed by atoms with E-state index in [9.17, 15) is 5.11 Å². The van der Waals surface area contributed by atoms with Crippen LogP contribution in [-0.4, -0.2) is 130 Å². The highest BCUT2D eigenvalue weighted by Gasteiger charge is 2.38. The maximum absolute atomic E-state index is 15.7. The summed E-state index contributed by atoms with van der Waals surface area (Å²) < 4.78 is 188. The molecule has 3 aromatic heterocycles. The van der Waals surface area contributed by atoms with Gasteiger partial charge in [0, 0.05) is 43.8 Å². The Kier molecular flexibility index (Phi) is 30.4. The fourth-order valence-corrected chi connectivity index (χ4v) is 29.5. The van der Waals surface area contributed by atoms with Crippen molar-refractivity contribution < 1.29 is 55.6 Å². The summed E-state index contributed by atoms with van der Waals surface area (Å²) in [5.74, 6) is -4.68. The summed E-state index contributed by atoms with van der Waals surface area (Å²) in [7, 11) is -27.0. The number of hydrogen-bond acceptors (Lipinski definition) is 19. The minimum Gasteiger partial charge on any atom is -0.392 e. The van der Waals surface area contributed by atoms with Gasteiger partial charge in [-0.25, -0.2) is 80.4 Å². The van der Waals surface area contributed by atoms with Crippen LogP contribution in [0.15, 0.2) is 108 Å². The lowest BCUT2D eigenvalue weighted by atomic mass is 9.99. The van der Waals surface area contributed by atoms with E-state index in [1.165, 1.54) is 36.4 Å². The van der Waals surface area contributed by atoms with Crippen LogP contribution in [0.4, 0.5) is 0 Å². The highest BCUT2D eigenvalue weighted by Crippen LogP contribution is 2.45. The molecule has 6 atom stereocenters. The topological polar surface area (TPSA) is 334 Å². The average Bonchev–Trinajstić information content (AvgIpc) is 1.54. The third-order valence-corrected chi connectivity index (χ3v) is 35.4. The molecule has 622 valence electrons. The number of aliphatic hydroxyl groups excluding tert-OH is 1. The number of benzene rings is 5. The van der Waals surface area contributed by atoms with Crippen LogP contribution in [0.1, 0.15) is 243 Å². The number of H-pyrrole nitrogens is 2. The van der Waals surface area contributed by atoms with E-state index in [0.717, 1.165) is 82.6 Å². The molecule has 0 amide bonds. The number of unbranched alkanes of at least 4 members (excludes halogenated alkanes) is 6. The van der Waals surface area contributed by atoms with E-state index in [2.05, 4.69) is 9.97 Å². The molecule has 0 radical (unpaired) electrons. The van der Waals surface area contributed by atoms with Gasteiger partial charge >= 0.3 is 0 Å². The Morgan fingerprint density at radius 3 is 0.746 bits per heavy atom. The van der Waals surface area contributed by atoms with E-state index in [1.54, 1.807) is 18.2 Å². The predicted octanol–water partition coefficient (Wildman–Crippen LogP) is 20.0. The number of fused-ring (bicyclic) bond motifs is 20. The summed E-state index contributed by atoms with van der Waals surface area (Å²) in [6.45, 7) is 23.4. The maximum atomic E-state index is 15.7. The Hall–Kier alpha value is -6.88. The average molecular weight is 1680 g/mol. The Labute approximate surface area is 678 Å². The maximum Gasteiger partial charge on any atom is 0.179 e. The molecular weight excluding hydrogens is 1560 g/mol. The van der Waals surface area contributed by atoms with Crippen LogP contribution >= 0.6 is 0 Å². The lowest BCUT2D eigenvalue weighted by Gasteiger charge is -2.20. The Balaban J connectivity index is 1.45. The highest BCUT2D eigenvalue weighted by atomic mass is 32.2. The van der Waals surface area contributed by atoms with Crippen molar-refractivity contribution in [2.45, 2.75) is 273 Å². The molecule has 8 bridgehead atoms. The number of rotatable bonds is 44. The number of aliphatic hydroxyl groups is 1. The van der Waals surface area contributed by atoms with Crippen molar-refractivity contribution in [3.63, 3.8) is 0 Å². The van der Waals surface area contributed by atoms with Gasteiger partial charge in [-0.3, -0.25) is 0 Å². The number of aromatic amines is 2. The molecule has 3 N–H and O–H groups in total. The molecule has 2 aliphatic rings. The summed E-state index contributed by atoms with van der Waals surface area (Å²) in [5.41, 5.74) is 2.70. The molecule has 10 rings (SSSR count). The smallest absolute Gasteiger partial charge is 0.179 e. The van der Waals surface area contributed by atoms with Gasteiger partial charge in [0.15, 0.2) is 82.3 Å². The number of nitrogens with one attached hydrogen (secondary N) is 2. The molecule has 0 aliphatic carbocycles. The minimum atomic E-state index is -4.54. The quantitative estimate of drug-likeness (QED) is 0.0319. The molecule has 0 spiro atoms. The first-order chi connectivity index (χ1) is 54.3. The van der Waals surface area contributed by atoms with Crippen LogP contribution in [-0.2, 0) is 65.6 Å². The van der Waals surface area contributed by atoms with Crippen molar-refractivity contribution in [1.82, 2.24) is 39.9 Å². The van der Waals surface area contributed by atoms with E-state index in [1.807, 2.05) is 107 Å². The van der Waals surface area contributed by atoms with E-state index >= 15 is 50.5 Å². The van der Waals surface area contributed by atoms with Gasteiger partial charge in [0.1, 0.15) is 22.6 Å². The number of hydrogen-bond donors (Lipinski definition) is 3. The third kappa shape index (κ3) is 20.4. The van der Waals surface area contributed by atoms with Crippen LogP contribution in [0.5, 0.6) is 0 Å². The van der Waals surface area contributed by atoms with Gasteiger partial charge in [-0.15, -0.1) is 0 Å². The first-order valence-corrected chi connectivity index (χ1v) is 51.8. The molecule has 0 saturated heterocycles. The molecule has 0 fully saturated rings. The van der Waals surface area contributed by atoms with Gasteiger partial charge < -0.3 is 15.1 Å². The Morgan fingerprint density at radius 2 is 0.509 bits per heavy atom. The van der Waals surface area contributed by atoms with Crippen molar-refractivity contribution in [2.24, 2.45) is 35.5 Å². The highest BCUT2D eigenvalue weighted by molar-refractivity contribution is 7.95. The van der Waals surface area contributed by atoms with Crippen LogP contribution in [0.3, 0.4) is 0 Å². The van der Waals surface area contributed by atoms with Crippen molar-refractivity contribution in [1.29, 1.82) is 0 Å². The second-order valence-electron chi connectivity index (χ2n) is 31.9. The molecule has 27 heteroatoms. The van der Waals surface area contributed by atoms with E-state index in [4.69, 9.17) is 29.9 Å². The zero-order valence-corrected chi connectivity index (χ0v) is 73.8. The summed E-state index contributed by atoms with van der Waals surface area (Å²) in [6.07, 6.45) is 15.6. The molecule has 2 aliphatic heterocycles. The normalized spacial score (nSPS) is 14.6. The van der Waals surface area contributed by atoms with Crippen molar-refractivity contribution in [3.05, 3.63) is 84.4 Å². The minimum absolute atomic E-state index is 0.000902. The van der Waals surface area contributed by atoms with E-state index in [-0.39, 0.29) is 144 Å². The lowest BCUT2D eigenvalue weighted by Crippen LogP contribution is -2.22. The molecule has 5 heterocycles. The van der Waals surface area contributed by atoms with E-state index in [0.29, 0.717) is 99.3 Å². The van der Waals surface area contributed by atoms with Gasteiger partial charge in [0.05, 0.1) is 70.5 Å². The van der Waals surface area contributed by atoms with Crippen LogP contribution < -0.4 is 0 Å². The number of sulfone groups is 6. The van der Waals surface area contributed by atoms with Gasteiger partial charge in [-0.2, -0.15) is 0 Å². The van der Waals surface area contributed by atoms with Gasteiger partial charge in [0.2, 0.25) is 0 Å². The Morgan fingerprint density at radius 1 is 0.281 bits per heavy atom. The lowest BCUT2D eigenvalue weighted by molar-refractivity contribution is 0.282. The molecule has 0 saturated carbocycles. The summed E-state index contributed by atoms with van der Waals surface area (Å²) in [6, 6.07) is 20.8. The van der Waals surface area contributed by atoms with Crippen molar-refractivity contribution >= 4 is 103 Å². The van der Waals surface area contributed by atoms with Crippen LogP contribution in [0.25, 0.3) is 101 Å². The van der Waals surface area contributed by atoms with Gasteiger partial charge in [-0.05, 0) is 139 Å². The monoisotopic (exact) mass is 1680 g/mol. The fourth-order valence-electron chi connectivity index (χ4n) is 16.0. The SMILES string of the molecule is CCCCC(CC)CS(=O)(=O)c1cc2c(cc1S(=O)(=O)CC(CC)CCCC)-c1nc-2nc2[nH]c(nc3nc(nc4[nH]c(n1)c1cc(S(=O)(=O)CC(CC)CCCC)c(S(=O)(=O)CC(CC)CCCC)cc41)-c1cc(-c4ccc(CO)cc4)ccc1-3)c1cc(S(=O)(=O)CC(CC)CCCC)c(S(=O)(=O)CC(CC)CCCC)cc21. The van der Waals surface area contributed by atoms with Gasteiger partial charge in [-0.1, -0.05) is 229 Å². The summed E-state index contributed by atoms with van der Waals surface area (Å²) >= 11 is 0. The molecule has 8 aromatic rings. The molecule has 21 nitrogen and oxygen atoms in total. The largest absolute Gasteiger partial charge is 0.392 e. The second kappa shape index (κ2) is 38.7. The van der Waals surface area contributed by atoms with Crippen molar-refractivity contribution in [2.75, 3.05) is 34.5 Å². The first-order valence-electron chi connectivity index (χ1n) is 41.9. The van der Waals surface area contributed by atoms with Gasteiger partial charge in [0.25, 0.3) is 0 Å². The van der Waals surface area contributed by atoms with Crippen LogP contribution in [0, 0.1) is 35.5 Å². The van der Waals surface area contributed by atoms with Crippen LogP contribution in [0.2, 0.25) is 0 Å². The third-order valence-electron chi connectivity index (χ3n) is 23.5. The summed E-state index contributed by atoms with van der Waals surface area (Å²) in [5, 5.41) is 10.5. The first kappa shape index (κ1) is 89.5. The standard InChI is InChI=1S/C87H120N8O13S6/c1-13-25-31-57(19-7)51-109(97,98)74-44-68-69(45-75(74)110(99,100)52-58(20-8)32-26-14-2)84-91-82(68)89-80-66-42-41-65(64-39-37-63(50-96)38-40-64)43-67(66)81(88-80)90-83-70-46-76(111(101,102)53-59(21-9)33-27-15-3)77(112(103,104)54-60(22-10)34-28-16-4)47-71(70)85(92-83)94-87-73-49-79(114(107,108)56-62(24-12)36-30-18-6)78(48-72(73)86(93-84)95-87)113(105,106)55-61(23-11)35-29-17-5/h37-49,57-62,96H,13-36,50-56H2,1-12H3,(H2,88,89,90,91,92,93,94,95). The predicted molar refractivity (Wildman–Crippen MR) is 460 cm³/mol. The Bertz CT molecular complexity index is 5670. The molecular formula is C87H120N8O13S6. The summed E-state index contributed by atoms with van der Waals surface area (Å²) in [4.78, 5) is 35.6. The second-order valence-corrected chi connectivity index (χ2v) is 44.0. The zero-order chi connectivity index (χ0) is 82.7. The zero-order valence-electron chi connectivity index (χ0n) is 68.9. The number of nitrogens with zero attached hydrogens (tertiary/aromatic N) is 6. The molecule has 6 unspecified atom stereocenters. The van der Waals surface area contributed by atoms with E-state index < -0.39 is 99.9 Å².